The van der Waals surface area contributed by atoms with Gasteiger partial charge in [0.05, 0.1) is 10.7 Å². The van der Waals surface area contributed by atoms with Crippen LogP contribution in [0.3, 0.4) is 0 Å². The Hall–Kier alpha value is -3.68. The summed E-state index contributed by atoms with van der Waals surface area (Å²) in [6, 6.07) is 43.7. The number of rotatable bonds is 8. The normalized spacial score (nSPS) is 15.1. The van der Waals surface area contributed by atoms with Crippen molar-refractivity contribution in [2.45, 2.75) is 49.9 Å². The monoisotopic (exact) mass is 527 g/mol. The molecule has 6 rings (SSSR count). The van der Waals surface area contributed by atoms with Crippen LogP contribution in [0.15, 0.2) is 128 Å². The maximum Gasteiger partial charge on any atom is 0.0525 e. The fourth-order valence-corrected chi connectivity index (χ4v) is 7.29. The van der Waals surface area contributed by atoms with Crippen molar-refractivity contribution in [3.05, 3.63) is 172 Å². The molecule has 1 aliphatic rings. The number of halogens is 1. The summed E-state index contributed by atoms with van der Waals surface area (Å²) in [4.78, 5) is 5.26. The lowest BCUT2D eigenvalue weighted by atomic mass is 9.67. The van der Waals surface area contributed by atoms with Gasteiger partial charge in [-0.3, -0.25) is 4.98 Å². The van der Waals surface area contributed by atoms with E-state index in [1.807, 2.05) is 6.20 Å². The smallest absolute Gasteiger partial charge is 0.0525 e. The number of pyridine rings is 1. The van der Waals surface area contributed by atoms with Gasteiger partial charge < -0.3 is 0 Å². The largest absolute Gasteiger partial charge is 0.260 e. The van der Waals surface area contributed by atoms with Gasteiger partial charge in [-0.2, -0.15) is 0 Å². The third-order valence-electron chi connectivity index (χ3n) is 8.44. The van der Waals surface area contributed by atoms with E-state index in [1.165, 1.54) is 33.5 Å². The molecular formula is C37H34ClN. The second kappa shape index (κ2) is 10.8. The highest BCUT2D eigenvalue weighted by atomic mass is 35.5. The summed E-state index contributed by atoms with van der Waals surface area (Å²) >= 11 is 7.35. The molecule has 0 amide bonds. The molecule has 2 heteroatoms. The fourth-order valence-electron chi connectivity index (χ4n) is 6.96. The van der Waals surface area contributed by atoms with Crippen molar-refractivity contribution in [3.63, 3.8) is 0 Å². The lowest BCUT2D eigenvalue weighted by Crippen LogP contribution is -2.36. The average Bonchev–Trinajstić information content (AvgIpc) is 3.21. The first-order chi connectivity index (χ1) is 19.1. The molecule has 1 aromatic heterocycles. The van der Waals surface area contributed by atoms with Crippen LogP contribution in [-0.4, -0.2) is 4.98 Å². The van der Waals surface area contributed by atoms with Crippen molar-refractivity contribution >= 4 is 11.6 Å². The standard InChI is InChI=1S/C37H34ClN/c1-28-26-39-35-33(34(28)38)36(22-29-14-6-2-7-15-29,23-30-16-8-3-9-17-30)27-37(35,24-31-18-10-4-11-19-31)25-32-20-12-5-13-21-32/h2-21,26H,22-25,27H2,1H3. The minimum absolute atomic E-state index is 0.182. The van der Waals surface area contributed by atoms with Gasteiger partial charge in [0, 0.05) is 17.0 Å². The first-order valence-electron chi connectivity index (χ1n) is 13.9. The van der Waals surface area contributed by atoms with Gasteiger partial charge in [0.2, 0.25) is 0 Å². The second-order valence-electron chi connectivity index (χ2n) is 11.4. The SMILES string of the molecule is Cc1cnc2c(c1Cl)C(Cc1ccccc1)(Cc1ccccc1)CC2(Cc1ccccc1)Cc1ccccc1. The molecule has 39 heavy (non-hydrogen) atoms. The van der Waals surface area contributed by atoms with Crippen molar-refractivity contribution < 1.29 is 0 Å². The van der Waals surface area contributed by atoms with Crippen LogP contribution in [0.2, 0.25) is 5.02 Å². The molecule has 0 N–H and O–H groups in total. The van der Waals surface area contributed by atoms with Gasteiger partial charge in [0.1, 0.15) is 0 Å². The highest BCUT2D eigenvalue weighted by Gasteiger charge is 2.54. The highest BCUT2D eigenvalue weighted by Crippen LogP contribution is 2.57. The maximum atomic E-state index is 7.35. The van der Waals surface area contributed by atoms with E-state index in [1.54, 1.807) is 0 Å². The molecular weight excluding hydrogens is 494 g/mol. The van der Waals surface area contributed by atoms with Crippen molar-refractivity contribution in [1.82, 2.24) is 4.98 Å². The van der Waals surface area contributed by atoms with Gasteiger partial charge in [-0.25, -0.2) is 0 Å². The molecule has 0 aliphatic heterocycles. The van der Waals surface area contributed by atoms with Crippen LogP contribution >= 0.6 is 11.6 Å². The predicted molar refractivity (Wildman–Crippen MR) is 163 cm³/mol. The van der Waals surface area contributed by atoms with E-state index < -0.39 is 0 Å². The zero-order valence-electron chi connectivity index (χ0n) is 22.5. The summed E-state index contributed by atoms with van der Waals surface area (Å²) in [5, 5.41) is 0.884. The molecule has 0 spiro atoms. The Morgan fingerprint density at radius 2 is 0.923 bits per heavy atom. The van der Waals surface area contributed by atoms with Crippen LogP contribution in [0.25, 0.3) is 0 Å². The van der Waals surface area contributed by atoms with Crippen LogP contribution < -0.4 is 0 Å². The number of fused-ring (bicyclic) bond motifs is 1. The average molecular weight is 528 g/mol. The molecule has 0 bridgehead atoms. The van der Waals surface area contributed by atoms with Gasteiger partial charge in [0.25, 0.3) is 0 Å². The van der Waals surface area contributed by atoms with E-state index in [0.29, 0.717) is 0 Å². The summed E-state index contributed by atoms with van der Waals surface area (Å²) < 4.78 is 0. The molecule has 0 atom stereocenters. The molecule has 0 radical (unpaired) electrons. The van der Waals surface area contributed by atoms with Crippen LogP contribution in [0.5, 0.6) is 0 Å². The Bertz CT molecular complexity index is 1450. The molecule has 194 valence electrons. The Morgan fingerprint density at radius 1 is 0.564 bits per heavy atom. The topological polar surface area (TPSA) is 12.9 Å². The van der Waals surface area contributed by atoms with Gasteiger partial charge >= 0.3 is 0 Å². The molecule has 5 aromatic rings. The minimum Gasteiger partial charge on any atom is -0.260 e. The van der Waals surface area contributed by atoms with Crippen molar-refractivity contribution in [2.75, 3.05) is 0 Å². The summed E-state index contributed by atoms with van der Waals surface area (Å²) in [5.41, 5.74) is 8.48. The third-order valence-corrected chi connectivity index (χ3v) is 8.93. The lowest BCUT2D eigenvalue weighted by Gasteiger charge is -2.36. The highest BCUT2D eigenvalue weighted by molar-refractivity contribution is 6.32. The first-order valence-corrected chi connectivity index (χ1v) is 14.3. The van der Waals surface area contributed by atoms with Gasteiger partial charge in [0.15, 0.2) is 0 Å². The van der Waals surface area contributed by atoms with Gasteiger partial charge in [-0.05, 0) is 72.4 Å². The summed E-state index contributed by atoms with van der Waals surface area (Å²) in [6.07, 6.45) is 6.67. The van der Waals surface area contributed by atoms with E-state index >= 15 is 0 Å². The molecule has 1 aliphatic carbocycles. The van der Waals surface area contributed by atoms with Crippen molar-refractivity contribution in [1.29, 1.82) is 0 Å². The third kappa shape index (κ3) is 5.16. The molecule has 4 aromatic carbocycles. The van der Waals surface area contributed by atoms with E-state index in [2.05, 4.69) is 128 Å². The first kappa shape index (κ1) is 25.6. The van der Waals surface area contributed by atoms with Crippen molar-refractivity contribution in [2.24, 2.45) is 0 Å². The number of benzene rings is 4. The maximum absolute atomic E-state index is 7.35. The van der Waals surface area contributed by atoms with Crippen LogP contribution in [0, 0.1) is 6.92 Å². The van der Waals surface area contributed by atoms with E-state index in [-0.39, 0.29) is 10.8 Å². The van der Waals surface area contributed by atoms with Gasteiger partial charge in [-0.15, -0.1) is 0 Å². The van der Waals surface area contributed by atoms with Crippen LogP contribution in [0.4, 0.5) is 0 Å². The van der Waals surface area contributed by atoms with E-state index in [4.69, 9.17) is 16.6 Å². The van der Waals surface area contributed by atoms with Crippen LogP contribution in [0.1, 0.15) is 45.5 Å². The van der Waals surface area contributed by atoms with E-state index in [0.717, 1.165) is 42.7 Å². The number of hydrogen-bond donors (Lipinski definition) is 0. The number of aryl methyl sites for hydroxylation is 1. The number of nitrogens with zero attached hydrogens (tertiary/aromatic N) is 1. The predicted octanol–water partition coefficient (Wildman–Crippen LogP) is 8.89. The number of hydrogen-bond acceptors (Lipinski definition) is 1. The molecule has 1 heterocycles. The lowest BCUT2D eigenvalue weighted by molar-refractivity contribution is 0.302. The Labute approximate surface area is 237 Å². The minimum atomic E-state index is -0.183. The Balaban J connectivity index is 1.58. The quantitative estimate of drug-likeness (QED) is 0.196. The molecule has 0 saturated heterocycles. The fraction of sp³-hybridized carbons (Fsp3) is 0.216. The Morgan fingerprint density at radius 3 is 1.31 bits per heavy atom. The molecule has 0 fully saturated rings. The molecule has 1 nitrogen and oxygen atoms in total. The zero-order valence-corrected chi connectivity index (χ0v) is 23.2. The molecule has 0 saturated carbocycles. The second-order valence-corrected chi connectivity index (χ2v) is 11.7. The van der Waals surface area contributed by atoms with Crippen molar-refractivity contribution in [3.8, 4) is 0 Å². The zero-order chi connectivity index (χ0) is 26.7. The summed E-state index contributed by atoms with van der Waals surface area (Å²) in [7, 11) is 0. The van der Waals surface area contributed by atoms with Gasteiger partial charge in [-0.1, -0.05) is 133 Å². The summed E-state index contributed by atoms with van der Waals surface area (Å²) in [5.74, 6) is 0. The number of aromatic nitrogens is 1. The summed E-state index contributed by atoms with van der Waals surface area (Å²) in [6.45, 7) is 2.10. The van der Waals surface area contributed by atoms with Crippen LogP contribution in [-0.2, 0) is 36.5 Å². The molecule has 0 unspecified atom stereocenters. The van der Waals surface area contributed by atoms with E-state index in [9.17, 15) is 0 Å². The Kier molecular flexibility index (Phi) is 7.11.